The number of nitrogens with zero attached hydrogens (tertiary/aromatic N) is 4. The van der Waals surface area contributed by atoms with Crippen LogP contribution in [0.15, 0.2) is 18.2 Å². The van der Waals surface area contributed by atoms with Crippen molar-refractivity contribution in [2.45, 2.75) is 76.8 Å². The summed E-state index contributed by atoms with van der Waals surface area (Å²) < 4.78 is 36.3. The average Bonchev–Trinajstić information content (AvgIpc) is 3.02. The van der Waals surface area contributed by atoms with Crippen molar-refractivity contribution in [1.82, 2.24) is 15.0 Å². The van der Waals surface area contributed by atoms with Crippen molar-refractivity contribution in [3.8, 4) is 5.75 Å². The Balaban J connectivity index is 0.00000441. The molecule has 1 saturated heterocycles. The minimum Gasteiger partial charge on any atom is -1.00 e. The molecule has 0 bridgehead atoms. The molecule has 2 heterocycles. The minimum atomic E-state index is -4.72. The average molecular weight is 604 g/mol. The first-order valence-electron chi connectivity index (χ1n) is 13.6. The quantitative estimate of drug-likeness (QED) is 0.145. The van der Waals surface area contributed by atoms with Gasteiger partial charge in [-0.05, 0) is 38.8 Å². The number of rotatable bonds is 11. The van der Waals surface area contributed by atoms with E-state index in [1.54, 1.807) is 6.07 Å². The summed E-state index contributed by atoms with van der Waals surface area (Å²) in [6.45, 7) is 4.99. The van der Waals surface area contributed by atoms with E-state index in [9.17, 15) is 18.7 Å². The molecule has 0 spiro atoms. The summed E-state index contributed by atoms with van der Waals surface area (Å²) >= 11 is 0. The predicted molar refractivity (Wildman–Crippen MR) is 146 cm³/mol. The Bertz CT molecular complexity index is 1190. The van der Waals surface area contributed by atoms with Crippen LogP contribution in [-0.2, 0) is 9.19 Å². The standard InChI is InChI=1S/C25H39FN7O5P.ClH/c1-4-33(38-39(34,35)36)15-9-14-25(33,2)17-27-22-30-23(28-18-10-7-5-6-8-11-18)32-24(31-22)29-19-12-13-21(37-3)20(26)16-19;/h12-13,16,18H,4-11,14-15,17H2,1-3H3,(H4-,27,28,29,30,31,32,34,35,36);1H. The van der Waals surface area contributed by atoms with Crippen molar-refractivity contribution in [1.29, 1.82) is 0 Å². The Morgan fingerprint density at radius 2 is 1.77 bits per heavy atom. The van der Waals surface area contributed by atoms with Crippen molar-refractivity contribution in [2.24, 2.45) is 0 Å². The lowest BCUT2D eigenvalue weighted by atomic mass is 9.98. The number of nitrogens with one attached hydrogen (secondary N) is 3. The lowest BCUT2D eigenvalue weighted by Crippen LogP contribution is -3.00. The maximum atomic E-state index is 14.3. The smallest absolute Gasteiger partial charge is 0.515 e. The topological polar surface area (TPSA) is 151 Å². The van der Waals surface area contributed by atoms with Crippen LogP contribution in [0, 0.1) is 5.82 Å². The number of quaternary nitrogens is 1. The van der Waals surface area contributed by atoms with E-state index in [1.165, 1.54) is 32.1 Å². The molecule has 4 rings (SSSR count). The molecule has 224 valence electrons. The number of likely N-dealkylation sites (N-methyl/N-ethyl adjacent to an activating group) is 1. The van der Waals surface area contributed by atoms with Gasteiger partial charge in [0.05, 0.1) is 13.7 Å². The van der Waals surface area contributed by atoms with Gasteiger partial charge in [-0.25, -0.2) is 8.96 Å². The van der Waals surface area contributed by atoms with Crippen LogP contribution in [0.4, 0.5) is 27.9 Å². The Morgan fingerprint density at radius 1 is 1.10 bits per heavy atom. The SMILES string of the molecule is CC[N+]1(OP(=O)(O)O)CCCC1(C)CNc1nc(Nc2ccc(OC)c(F)c2)nc(NC2CCCCCC2)n1.[Cl-]. The zero-order valence-corrected chi connectivity index (χ0v) is 24.8. The van der Waals surface area contributed by atoms with E-state index < -0.39 is 19.2 Å². The summed E-state index contributed by atoms with van der Waals surface area (Å²) in [6, 6.07) is 4.73. The van der Waals surface area contributed by atoms with E-state index in [0.717, 1.165) is 32.1 Å². The molecule has 12 nitrogen and oxygen atoms in total. The molecule has 1 aromatic carbocycles. The number of anilines is 4. The Kier molecular flexibility index (Phi) is 11.0. The lowest BCUT2D eigenvalue weighted by molar-refractivity contribution is -1.11. The van der Waals surface area contributed by atoms with Gasteiger partial charge in [-0.3, -0.25) is 9.79 Å². The number of aromatic nitrogens is 3. The Morgan fingerprint density at radius 3 is 2.40 bits per heavy atom. The van der Waals surface area contributed by atoms with Gasteiger partial charge < -0.3 is 33.1 Å². The normalized spacial score (nSPS) is 23.6. The van der Waals surface area contributed by atoms with Crippen LogP contribution >= 0.6 is 7.82 Å². The van der Waals surface area contributed by atoms with E-state index >= 15 is 0 Å². The monoisotopic (exact) mass is 603 g/mol. The van der Waals surface area contributed by atoms with Crippen LogP contribution in [0.25, 0.3) is 0 Å². The molecule has 1 aliphatic carbocycles. The molecule has 0 radical (unpaired) electrons. The third-order valence-electron chi connectivity index (χ3n) is 7.85. The summed E-state index contributed by atoms with van der Waals surface area (Å²) in [6.07, 6.45) is 8.20. The first-order chi connectivity index (χ1) is 18.5. The maximum Gasteiger partial charge on any atom is 0.515 e. The molecule has 15 heteroatoms. The first kappa shape index (κ1) is 32.2. The summed E-state index contributed by atoms with van der Waals surface area (Å²) in [5.41, 5.74) is -0.185. The highest BCUT2D eigenvalue weighted by Crippen LogP contribution is 2.48. The van der Waals surface area contributed by atoms with Gasteiger partial charge in [-0.15, -0.1) is 0 Å². The van der Waals surface area contributed by atoms with Crippen LogP contribution < -0.4 is 33.1 Å². The predicted octanol–water partition coefficient (Wildman–Crippen LogP) is 1.73. The fourth-order valence-electron chi connectivity index (χ4n) is 5.69. The second-order valence-corrected chi connectivity index (χ2v) is 11.7. The van der Waals surface area contributed by atoms with Gasteiger partial charge in [-0.1, -0.05) is 30.3 Å². The highest BCUT2D eigenvalue weighted by molar-refractivity contribution is 7.46. The zero-order chi connectivity index (χ0) is 28.1. The van der Waals surface area contributed by atoms with Gasteiger partial charge in [-0.2, -0.15) is 19.6 Å². The third-order valence-corrected chi connectivity index (χ3v) is 8.38. The molecule has 5 N–H and O–H groups in total. The molecule has 2 fully saturated rings. The van der Waals surface area contributed by atoms with Crippen molar-refractivity contribution < 1.29 is 45.2 Å². The van der Waals surface area contributed by atoms with Crippen LogP contribution in [0.3, 0.4) is 0 Å². The molecule has 2 unspecified atom stereocenters. The van der Waals surface area contributed by atoms with Crippen molar-refractivity contribution in [3.05, 3.63) is 24.0 Å². The number of likely N-dealkylation sites (tertiary alicyclic amines) is 1. The van der Waals surface area contributed by atoms with Gasteiger partial charge in [0.1, 0.15) is 18.6 Å². The van der Waals surface area contributed by atoms with Crippen molar-refractivity contribution in [2.75, 3.05) is 42.7 Å². The molecular weight excluding hydrogens is 564 g/mol. The maximum absolute atomic E-state index is 14.3. The van der Waals surface area contributed by atoms with Crippen LogP contribution in [-0.4, -0.2) is 67.7 Å². The van der Waals surface area contributed by atoms with E-state index in [2.05, 4.69) is 30.9 Å². The minimum absolute atomic E-state index is 0. The number of hydroxylamine groups is 3. The molecule has 1 aromatic heterocycles. The Hall–Kier alpha value is -2.28. The lowest BCUT2D eigenvalue weighted by Gasteiger charge is -2.42. The summed E-state index contributed by atoms with van der Waals surface area (Å²) in [5, 5.41) is 9.76. The number of ether oxygens (including phenoxy) is 1. The number of benzene rings is 1. The van der Waals surface area contributed by atoms with Crippen LogP contribution in [0.5, 0.6) is 5.75 Å². The second-order valence-electron chi connectivity index (χ2n) is 10.6. The number of halogens is 2. The van der Waals surface area contributed by atoms with E-state index in [0.29, 0.717) is 37.7 Å². The molecule has 40 heavy (non-hydrogen) atoms. The molecular formula is C25H40ClFN7O5P. The van der Waals surface area contributed by atoms with Gasteiger partial charge in [0.15, 0.2) is 11.6 Å². The number of phosphoric acid groups is 1. The number of hydrogen-bond donors (Lipinski definition) is 5. The third kappa shape index (κ3) is 7.92. The van der Waals surface area contributed by atoms with E-state index in [-0.39, 0.29) is 40.7 Å². The zero-order valence-electron chi connectivity index (χ0n) is 23.2. The fourth-order valence-corrected chi connectivity index (χ4v) is 6.49. The van der Waals surface area contributed by atoms with Crippen LogP contribution in [0.1, 0.15) is 65.2 Å². The largest absolute Gasteiger partial charge is 1.00 e. The first-order valence-corrected chi connectivity index (χ1v) is 15.1. The summed E-state index contributed by atoms with van der Waals surface area (Å²) in [5.74, 6) is 0.535. The van der Waals surface area contributed by atoms with Crippen LogP contribution in [0.2, 0.25) is 0 Å². The Labute approximate surface area is 240 Å². The number of methoxy groups -OCH3 is 1. The highest BCUT2D eigenvalue weighted by Gasteiger charge is 2.56. The molecule has 1 saturated carbocycles. The highest BCUT2D eigenvalue weighted by atomic mass is 35.5. The van der Waals surface area contributed by atoms with Crippen molar-refractivity contribution >= 4 is 31.4 Å². The molecule has 2 aliphatic rings. The van der Waals surface area contributed by atoms with Gasteiger partial charge in [0, 0.05) is 30.6 Å². The molecule has 2 aromatic rings. The van der Waals surface area contributed by atoms with Gasteiger partial charge in [0.25, 0.3) is 0 Å². The van der Waals surface area contributed by atoms with E-state index in [4.69, 9.17) is 9.36 Å². The van der Waals surface area contributed by atoms with E-state index in [1.807, 2.05) is 13.8 Å². The number of hydrogen-bond acceptors (Lipinski definition) is 9. The summed E-state index contributed by atoms with van der Waals surface area (Å²) in [4.78, 5) is 32.9. The second kappa shape index (κ2) is 13.6. The fraction of sp³-hybridized carbons (Fsp3) is 0.640. The molecule has 0 amide bonds. The van der Waals surface area contributed by atoms with Gasteiger partial charge >= 0.3 is 7.82 Å². The molecule has 1 aliphatic heterocycles. The van der Waals surface area contributed by atoms with Crippen molar-refractivity contribution in [3.63, 3.8) is 0 Å². The van der Waals surface area contributed by atoms with Gasteiger partial charge in [0.2, 0.25) is 17.8 Å². The summed E-state index contributed by atoms with van der Waals surface area (Å²) in [7, 11) is -3.31. The molecule has 2 atom stereocenters.